The van der Waals surface area contributed by atoms with Crippen LogP contribution in [0.5, 0.6) is 0 Å². The molecule has 0 unspecified atom stereocenters. The van der Waals surface area contributed by atoms with Crippen LogP contribution in [0.4, 0.5) is 11.6 Å². The monoisotopic (exact) mass is 410 g/mol. The molecule has 0 radical (unpaired) electrons. The lowest BCUT2D eigenvalue weighted by Gasteiger charge is -2.28. The van der Waals surface area contributed by atoms with E-state index in [1.807, 2.05) is 52.0 Å². The molecule has 1 aliphatic rings. The average Bonchev–Trinajstić information content (AvgIpc) is 2.74. The maximum Gasteiger partial charge on any atom is 0.228 e. The van der Waals surface area contributed by atoms with Gasteiger partial charge in [0, 0.05) is 23.7 Å². The SMILES string of the molecule is CC(C)C(=O)Nc1ccc([C@@H]2CCC[C@@H](c3ccc(NC(=O)C(C)C)nn3)C2)nn1. The smallest absolute Gasteiger partial charge is 0.228 e. The summed E-state index contributed by atoms with van der Waals surface area (Å²) in [4.78, 5) is 23.6. The predicted octanol–water partition coefficient (Wildman–Crippen LogP) is 3.90. The van der Waals surface area contributed by atoms with E-state index in [-0.39, 0.29) is 23.7 Å². The van der Waals surface area contributed by atoms with Crippen LogP contribution in [0, 0.1) is 11.8 Å². The van der Waals surface area contributed by atoms with Gasteiger partial charge in [-0.25, -0.2) is 0 Å². The van der Waals surface area contributed by atoms with Gasteiger partial charge in [-0.1, -0.05) is 34.1 Å². The van der Waals surface area contributed by atoms with E-state index in [0.717, 1.165) is 37.1 Å². The summed E-state index contributed by atoms with van der Waals surface area (Å²) < 4.78 is 0. The Hall–Kier alpha value is -2.90. The fraction of sp³-hybridized carbons (Fsp3) is 0.545. The molecule has 2 amide bonds. The minimum absolute atomic E-state index is 0.0682. The minimum Gasteiger partial charge on any atom is -0.309 e. The van der Waals surface area contributed by atoms with E-state index in [9.17, 15) is 9.59 Å². The van der Waals surface area contributed by atoms with Crippen molar-refractivity contribution in [2.45, 2.75) is 65.2 Å². The molecule has 0 spiro atoms. The first-order chi connectivity index (χ1) is 14.3. The Morgan fingerprint density at radius 2 is 1.20 bits per heavy atom. The van der Waals surface area contributed by atoms with Crippen molar-refractivity contribution < 1.29 is 9.59 Å². The fourth-order valence-electron chi connectivity index (χ4n) is 3.52. The van der Waals surface area contributed by atoms with Crippen molar-refractivity contribution in [2.75, 3.05) is 10.6 Å². The van der Waals surface area contributed by atoms with E-state index >= 15 is 0 Å². The summed E-state index contributed by atoms with van der Waals surface area (Å²) in [6, 6.07) is 7.54. The van der Waals surface area contributed by atoms with Gasteiger partial charge in [-0.15, -0.1) is 10.2 Å². The number of nitrogens with one attached hydrogen (secondary N) is 2. The summed E-state index contributed by atoms with van der Waals surface area (Å²) in [5.74, 6) is 1.22. The van der Waals surface area contributed by atoms with Crippen molar-refractivity contribution in [2.24, 2.45) is 11.8 Å². The molecule has 0 aromatic carbocycles. The number of aromatic nitrogens is 4. The van der Waals surface area contributed by atoms with Gasteiger partial charge in [0.15, 0.2) is 11.6 Å². The predicted molar refractivity (Wildman–Crippen MR) is 115 cm³/mol. The Balaban J connectivity index is 1.62. The second-order valence-electron chi connectivity index (χ2n) is 8.54. The van der Waals surface area contributed by atoms with Gasteiger partial charge in [-0.05, 0) is 43.5 Å². The molecule has 2 atom stereocenters. The van der Waals surface area contributed by atoms with Crippen molar-refractivity contribution >= 4 is 23.5 Å². The zero-order valence-corrected chi connectivity index (χ0v) is 18.1. The van der Waals surface area contributed by atoms with Crippen LogP contribution < -0.4 is 10.6 Å². The lowest BCUT2D eigenvalue weighted by Crippen LogP contribution is -2.20. The molecule has 3 rings (SSSR count). The van der Waals surface area contributed by atoms with E-state index in [1.54, 1.807) is 0 Å². The molecule has 8 nitrogen and oxygen atoms in total. The van der Waals surface area contributed by atoms with Crippen molar-refractivity contribution in [3.05, 3.63) is 35.7 Å². The van der Waals surface area contributed by atoms with Gasteiger partial charge in [-0.2, -0.15) is 10.2 Å². The van der Waals surface area contributed by atoms with Gasteiger partial charge in [0.25, 0.3) is 0 Å². The fourth-order valence-corrected chi connectivity index (χ4v) is 3.52. The van der Waals surface area contributed by atoms with E-state index < -0.39 is 0 Å². The van der Waals surface area contributed by atoms with Crippen molar-refractivity contribution in [3.63, 3.8) is 0 Å². The standard InChI is InChI=1S/C22H30N6O2/c1-13(2)21(29)23-19-10-8-17(25-27-19)15-6-5-7-16(12-15)18-9-11-20(28-26-18)24-22(30)14(3)4/h8-11,13-16H,5-7,12H2,1-4H3,(H,23,27,29)(H,24,28,30)/t15-,16-/m1/s1. The molecule has 1 saturated carbocycles. The first-order valence-corrected chi connectivity index (χ1v) is 10.6. The molecule has 8 heteroatoms. The molecule has 1 aliphatic carbocycles. The zero-order chi connectivity index (χ0) is 21.7. The zero-order valence-electron chi connectivity index (χ0n) is 18.1. The Morgan fingerprint density at radius 1 is 0.767 bits per heavy atom. The number of hydrogen-bond acceptors (Lipinski definition) is 6. The summed E-state index contributed by atoms with van der Waals surface area (Å²) in [5.41, 5.74) is 1.88. The maximum absolute atomic E-state index is 11.8. The van der Waals surface area contributed by atoms with E-state index in [4.69, 9.17) is 0 Å². The van der Waals surface area contributed by atoms with Crippen LogP contribution in [-0.2, 0) is 9.59 Å². The van der Waals surface area contributed by atoms with E-state index in [1.165, 1.54) is 0 Å². The van der Waals surface area contributed by atoms with E-state index in [2.05, 4.69) is 31.0 Å². The highest BCUT2D eigenvalue weighted by atomic mass is 16.2. The van der Waals surface area contributed by atoms with Crippen LogP contribution in [0.2, 0.25) is 0 Å². The quantitative estimate of drug-likeness (QED) is 0.747. The number of rotatable bonds is 6. The van der Waals surface area contributed by atoms with Crippen LogP contribution in [0.3, 0.4) is 0 Å². The van der Waals surface area contributed by atoms with Crippen LogP contribution in [0.15, 0.2) is 24.3 Å². The number of carbonyl (C=O) groups excluding carboxylic acids is 2. The van der Waals surface area contributed by atoms with Gasteiger partial charge >= 0.3 is 0 Å². The Kier molecular flexibility index (Phi) is 7.07. The van der Waals surface area contributed by atoms with Crippen LogP contribution >= 0.6 is 0 Å². The molecule has 0 aliphatic heterocycles. The Morgan fingerprint density at radius 3 is 1.53 bits per heavy atom. The number of amides is 2. The second kappa shape index (κ2) is 9.73. The van der Waals surface area contributed by atoms with Gasteiger partial charge in [0.1, 0.15) is 0 Å². The van der Waals surface area contributed by atoms with Crippen LogP contribution in [-0.4, -0.2) is 32.2 Å². The topological polar surface area (TPSA) is 110 Å². The molecule has 1 fully saturated rings. The number of carbonyl (C=O) groups is 2. The third-order valence-electron chi connectivity index (χ3n) is 5.43. The minimum atomic E-state index is -0.100. The first-order valence-electron chi connectivity index (χ1n) is 10.6. The third-order valence-corrected chi connectivity index (χ3v) is 5.43. The highest BCUT2D eigenvalue weighted by Crippen LogP contribution is 2.40. The molecule has 160 valence electrons. The number of nitrogens with zero attached hydrogens (tertiary/aromatic N) is 4. The summed E-state index contributed by atoms with van der Waals surface area (Å²) in [6.07, 6.45) is 4.12. The molecular weight excluding hydrogens is 380 g/mol. The second-order valence-corrected chi connectivity index (χ2v) is 8.54. The molecule has 2 aromatic heterocycles. The normalized spacial score (nSPS) is 19.0. The molecular formula is C22H30N6O2. The maximum atomic E-state index is 11.8. The summed E-state index contributed by atoms with van der Waals surface area (Å²) in [5, 5.41) is 22.6. The summed E-state index contributed by atoms with van der Waals surface area (Å²) in [7, 11) is 0. The highest BCUT2D eigenvalue weighted by molar-refractivity contribution is 5.91. The molecule has 2 heterocycles. The molecule has 0 bridgehead atoms. The van der Waals surface area contributed by atoms with Gasteiger partial charge in [-0.3, -0.25) is 9.59 Å². The third kappa shape index (κ3) is 5.58. The van der Waals surface area contributed by atoms with Gasteiger partial charge < -0.3 is 10.6 Å². The lowest BCUT2D eigenvalue weighted by molar-refractivity contribution is -0.119. The summed E-state index contributed by atoms with van der Waals surface area (Å²) in [6.45, 7) is 7.36. The molecule has 0 saturated heterocycles. The van der Waals surface area contributed by atoms with Crippen molar-refractivity contribution in [3.8, 4) is 0 Å². The van der Waals surface area contributed by atoms with E-state index in [0.29, 0.717) is 23.5 Å². The lowest BCUT2D eigenvalue weighted by atomic mass is 9.78. The highest BCUT2D eigenvalue weighted by Gasteiger charge is 2.27. The van der Waals surface area contributed by atoms with Gasteiger partial charge in [0.2, 0.25) is 11.8 Å². The average molecular weight is 411 g/mol. The van der Waals surface area contributed by atoms with Crippen LogP contribution in [0.1, 0.15) is 76.6 Å². The Labute approximate surface area is 177 Å². The summed E-state index contributed by atoms with van der Waals surface area (Å²) >= 11 is 0. The number of hydrogen-bond donors (Lipinski definition) is 2. The van der Waals surface area contributed by atoms with Gasteiger partial charge in [0.05, 0.1) is 11.4 Å². The van der Waals surface area contributed by atoms with Crippen molar-refractivity contribution in [1.82, 2.24) is 20.4 Å². The molecule has 2 aromatic rings. The molecule has 30 heavy (non-hydrogen) atoms. The first kappa shape index (κ1) is 21.8. The Bertz CT molecular complexity index is 793. The van der Waals surface area contributed by atoms with Crippen molar-refractivity contribution in [1.29, 1.82) is 0 Å². The largest absolute Gasteiger partial charge is 0.309 e. The number of anilines is 2. The van der Waals surface area contributed by atoms with Crippen LogP contribution in [0.25, 0.3) is 0 Å². The molecule has 2 N–H and O–H groups in total.